The van der Waals surface area contributed by atoms with Gasteiger partial charge in [-0.05, 0) is 68.2 Å². The first kappa shape index (κ1) is 25.5. The van der Waals surface area contributed by atoms with Gasteiger partial charge in [0.25, 0.3) is 0 Å². The number of nitrogens with zero attached hydrogens (tertiary/aromatic N) is 1. The summed E-state index contributed by atoms with van der Waals surface area (Å²) in [7, 11) is 1.58. The molecule has 1 fully saturated rings. The van der Waals surface area contributed by atoms with Crippen LogP contribution in [-0.4, -0.2) is 34.7 Å². The molecule has 2 aromatic heterocycles. The Balaban J connectivity index is 1.57. The molecule has 1 amide bonds. The van der Waals surface area contributed by atoms with Crippen LogP contribution < -0.4 is 21.2 Å². The Labute approximate surface area is 219 Å². The minimum atomic E-state index is -1.23. The molecular weight excluding hydrogens is 490 g/mol. The summed E-state index contributed by atoms with van der Waals surface area (Å²) in [5.41, 5.74) is 8.00. The first-order chi connectivity index (χ1) is 17.7. The predicted octanol–water partition coefficient (Wildman–Crippen LogP) is 4.64. The maximum atomic E-state index is 13.0. The molecule has 5 rings (SSSR count). The maximum absolute atomic E-state index is 13.0. The van der Waals surface area contributed by atoms with Crippen LogP contribution in [0, 0.1) is 5.92 Å². The largest absolute Gasteiger partial charge is 0.494 e. The van der Waals surface area contributed by atoms with Crippen LogP contribution >= 0.6 is 11.3 Å². The average molecular weight is 524 g/mol. The first-order valence-corrected chi connectivity index (χ1v) is 13.7. The van der Waals surface area contributed by atoms with Crippen molar-refractivity contribution in [3.63, 3.8) is 0 Å². The molecule has 2 unspecified atom stereocenters. The van der Waals surface area contributed by atoms with Crippen molar-refractivity contribution in [2.24, 2.45) is 11.7 Å². The number of aryl methyl sites for hydroxylation is 1. The quantitative estimate of drug-likeness (QED) is 0.395. The molecule has 2 heterocycles. The number of ether oxygens (including phenoxy) is 1. The third-order valence-corrected chi connectivity index (χ3v) is 8.52. The molecule has 0 radical (unpaired) electrons. The molecule has 0 spiro atoms. The number of fused-ring (bicyclic) bond motifs is 2. The Morgan fingerprint density at radius 1 is 1.27 bits per heavy atom. The summed E-state index contributed by atoms with van der Waals surface area (Å²) in [4.78, 5) is 39.7. The zero-order chi connectivity index (χ0) is 26.4. The van der Waals surface area contributed by atoms with Gasteiger partial charge in [-0.3, -0.25) is 9.59 Å². The zero-order valence-corrected chi connectivity index (χ0v) is 22.2. The fraction of sp³-hybridized carbons (Fsp3) is 0.464. The molecule has 2 aliphatic carbocycles. The Morgan fingerprint density at radius 2 is 2.03 bits per heavy atom. The zero-order valence-electron chi connectivity index (χ0n) is 21.4. The van der Waals surface area contributed by atoms with Crippen molar-refractivity contribution in [3.05, 3.63) is 50.6 Å². The number of nitrogens with one attached hydrogen (secondary N) is 1. The summed E-state index contributed by atoms with van der Waals surface area (Å²) in [5.74, 6) is -0.436. The van der Waals surface area contributed by atoms with E-state index in [0.29, 0.717) is 29.0 Å². The van der Waals surface area contributed by atoms with Gasteiger partial charge >= 0.3 is 5.97 Å². The normalized spacial score (nSPS) is 18.0. The van der Waals surface area contributed by atoms with Crippen molar-refractivity contribution in [1.29, 1.82) is 0 Å². The van der Waals surface area contributed by atoms with Crippen LogP contribution in [0.2, 0.25) is 0 Å². The number of carboxylic acid groups (broad SMARTS) is 1. The second-order valence-electron chi connectivity index (χ2n) is 10.5. The third-order valence-electron chi connectivity index (χ3n) is 7.28. The van der Waals surface area contributed by atoms with Gasteiger partial charge in [-0.15, -0.1) is 11.3 Å². The molecule has 1 aromatic carbocycles. The van der Waals surface area contributed by atoms with E-state index in [4.69, 9.17) is 10.5 Å². The fourth-order valence-electron chi connectivity index (χ4n) is 5.34. The summed E-state index contributed by atoms with van der Waals surface area (Å²) < 4.78 is 7.79. The lowest BCUT2D eigenvalue weighted by Crippen LogP contribution is -2.43. The molecule has 8 nitrogen and oxygen atoms in total. The lowest BCUT2D eigenvalue weighted by Gasteiger charge is -2.25. The molecule has 1 saturated carbocycles. The standard InChI is InChI=1S/C28H33N3O5S/c1-14(2)11-20(29)27(33)30-21-5-4-6-22-18(21)12-23(37-22)16-9-10-17-24(26(16)36-3)31(15-7-8-15)13-19(25(17)32)28(34)35/h9-10,12-15,20-21H,4-8,11,29H2,1-3H3,(H,30,33)(H,34,35). The van der Waals surface area contributed by atoms with Crippen LogP contribution in [0.15, 0.2) is 29.2 Å². The first-order valence-electron chi connectivity index (χ1n) is 12.9. The lowest BCUT2D eigenvalue weighted by atomic mass is 9.92. The third kappa shape index (κ3) is 4.78. The topological polar surface area (TPSA) is 124 Å². The minimum absolute atomic E-state index is 0.0892. The van der Waals surface area contributed by atoms with Gasteiger partial charge in [-0.2, -0.15) is 0 Å². The van der Waals surface area contributed by atoms with Gasteiger partial charge in [0.1, 0.15) is 5.56 Å². The SMILES string of the molecule is COc1c(-c2cc3c(s2)CCCC3NC(=O)C(N)CC(C)C)ccc2c(=O)c(C(=O)O)cn(C3CC3)c12. The number of pyridine rings is 1. The lowest BCUT2D eigenvalue weighted by molar-refractivity contribution is -0.123. The van der Waals surface area contributed by atoms with E-state index in [9.17, 15) is 19.5 Å². The van der Waals surface area contributed by atoms with Crippen molar-refractivity contribution in [2.75, 3.05) is 7.11 Å². The molecule has 37 heavy (non-hydrogen) atoms. The number of hydrogen-bond donors (Lipinski definition) is 3. The highest BCUT2D eigenvalue weighted by molar-refractivity contribution is 7.15. The number of carboxylic acids is 1. The highest BCUT2D eigenvalue weighted by atomic mass is 32.1. The molecule has 2 atom stereocenters. The van der Waals surface area contributed by atoms with Crippen LogP contribution in [0.3, 0.4) is 0 Å². The number of carbonyl (C=O) groups excluding carboxylic acids is 1. The summed E-state index contributed by atoms with van der Waals surface area (Å²) in [6.07, 6.45) is 6.73. The average Bonchev–Trinajstić information content (AvgIpc) is 3.60. The number of methoxy groups -OCH3 is 1. The maximum Gasteiger partial charge on any atom is 0.341 e. The molecule has 9 heteroatoms. The van der Waals surface area contributed by atoms with Gasteiger partial charge < -0.3 is 25.5 Å². The van der Waals surface area contributed by atoms with E-state index in [2.05, 4.69) is 25.2 Å². The minimum Gasteiger partial charge on any atom is -0.494 e. The van der Waals surface area contributed by atoms with E-state index >= 15 is 0 Å². The summed E-state index contributed by atoms with van der Waals surface area (Å²) in [6.45, 7) is 4.11. The van der Waals surface area contributed by atoms with Gasteiger partial charge in [0.2, 0.25) is 11.3 Å². The van der Waals surface area contributed by atoms with Gasteiger partial charge in [0.15, 0.2) is 5.75 Å². The van der Waals surface area contributed by atoms with E-state index in [1.165, 1.54) is 11.1 Å². The number of carbonyl (C=O) groups is 2. The Kier molecular flexibility index (Phi) is 6.85. The van der Waals surface area contributed by atoms with Gasteiger partial charge in [0, 0.05) is 27.6 Å². The fourth-order valence-corrected chi connectivity index (χ4v) is 6.63. The number of amides is 1. The van der Waals surface area contributed by atoms with Crippen LogP contribution in [-0.2, 0) is 11.2 Å². The monoisotopic (exact) mass is 523 g/mol. The molecule has 0 saturated heterocycles. The number of nitrogens with two attached hydrogens (primary N) is 1. The number of rotatable bonds is 8. The summed E-state index contributed by atoms with van der Waals surface area (Å²) in [6, 6.07) is 5.20. The van der Waals surface area contributed by atoms with Crippen LogP contribution in [0.25, 0.3) is 21.3 Å². The molecular formula is C28H33N3O5S. The summed E-state index contributed by atoms with van der Waals surface area (Å²) >= 11 is 1.67. The highest BCUT2D eigenvalue weighted by Crippen LogP contribution is 2.46. The second kappa shape index (κ2) is 9.95. The number of thiophene rings is 1. The van der Waals surface area contributed by atoms with Gasteiger partial charge in [0.05, 0.1) is 30.1 Å². The number of aromatic carboxylic acids is 1. The molecule has 196 valence electrons. The molecule has 3 aromatic rings. The molecule has 0 bridgehead atoms. The van der Waals surface area contributed by atoms with Crippen molar-refractivity contribution >= 4 is 34.1 Å². The number of benzene rings is 1. The highest BCUT2D eigenvalue weighted by Gasteiger charge is 2.31. The van der Waals surface area contributed by atoms with E-state index in [0.717, 1.165) is 48.1 Å². The smallest absolute Gasteiger partial charge is 0.341 e. The molecule has 2 aliphatic rings. The Morgan fingerprint density at radius 3 is 2.68 bits per heavy atom. The van der Waals surface area contributed by atoms with Gasteiger partial charge in [-0.1, -0.05) is 13.8 Å². The van der Waals surface area contributed by atoms with E-state index in [1.54, 1.807) is 24.5 Å². The number of hydrogen-bond acceptors (Lipinski definition) is 6. The van der Waals surface area contributed by atoms with E-state index < -0.39 is 17.4 Å². The van der Waals surface area contributed by atoms with E-state index in [-0.39, 0.29) is 23.6 Å². The van der Waals surface area contributed by atoms with E-state index in [1.807, 2.05) is 10.6 Å². The van der Waals surface area contributed by atoms with Crippen molar-refractivity contribution < 1.29 is 19.4 Å². The Hall–Kier alpha value is -3.17. The second-order valence-corrected chi connectivity index (χ2v) is 11.7. The van der Waals surface area contributed by atoms with Crippen LogP contribution in [0.5, 0.6) is 5.75 Å². The predicted molar refractivity (Wildman–Crippen MR) is 145 cm³/mol. The van der Waals surface area contributed by atoms with Crippen molar-refractivity contribution in [3.8, 4) is 16.2 Å². The van der Waals surface area contributed by atoms with Crippen LogP contribution in [0.1, 0.15) is 78.8 Å². The van der Waals surface area contributed by atoms with Crippen molar-refractivity contribution in [2.45, 2.75) is 70.5 Å². The van der Waals surface area contributed by atoms with Crippen LogP contribution in [0.4, 0.5) is 0 Å². The molecule has 4 N–H and O–H groups in total. The summed E-state index contributed by atoms with van der Waals surface area (Å²) in [5, 5.41) is 13.1. The Bertz CT molecular complexity index is 1440. The van der Waals surface area contributed by atoms with Crippen molar-refractivity contribution in [1.82, 2.24) is 9.88 Å². The number of aromatic nitrogens is 1. The van der Waals surface area contributed by atoms with Gasteiger partial charge in [-0.25, -0.2) is 4.79 Å². The molecule has 0 aliphatic heterocycles.